The first kappa shape index (κ1) is 20.4. The molecule has 2 aromatic rings. The van der Waals surface area contributed by atoms with Crippen LogP contribution in [0.5, 0.6) is 0 Å². The van der Waals surface area contributed by atoms with Crippen LogP contribution in [0.1, 0.15) is 25.7 Å². The minimum atomic E-state index is -0.855. The summed E-state index contributed by atoms with van der Waals surface area (Å²) in [5.41, 5.74) is 0.614. The molecule has 9 nitrogen and oxygen atoms in total. The van der Waals surface area contributed by atoms with Crippen LogP contribution in [-0.4, -0.2) is 69.1 Å². The van der Waals surface area contributed by atoms with Crippen molar-refractivity contribution < 1.29 is 37.0 Å². The summed E-state index contributed by atoms with van der Waals surface area (Å²) >= 11 is 0. The van der Waals surface area contributed by atoms with Crippen LogP contribution in [0.2, 0.25) is 0 Å². The van der Waals surface area contributed by atoms with Crippen molar-refractivity contribution in [1.29, 1.82) is 0 Å². The van der Waals surface area contributed by atoms with Gasteiger partial charge < -0.3 is 28.4 Å². The summed E-state index contributed by atoms with van der Waals surface area (Å²) in [4.78, 5) is 15.1. The zero-order chi connectivity index (χ0) is 21.7. The van der Waals surface area contributed by atoms with Crippen LogP contribution >= 0.6 is 0 Å². The summed E-state index contributed by atoms with van der Waals surface area (Å²) in [7, 11) is 0. The fraction of sp³-hybridized carbons (Fsp3) is 0.600. The van der Waals surface area contributed by atoms with Gasteiger partial charge in [0.25, 0.3) is 0 Å². The molecule has 1 aromatic heterocycles. The Morgan fingerprint density at radius 3 is 2.58 bits per heavy atom. The van der Waals surface area contributed by atoms with Crippen molar-refractivity contribution in [2.75, 3.05) is 49.4 Å². The maximum atomic E-state index is 15.9. The van der Waals surface area contributed by atoms with Gasteiger partial charge >= 0.3 is 6.09 Å². The first-order chi connectivity index (χ1) is 15.0. The zero-order valence-corrected chi connectivity index (χ0v) is 17.2. The predicted molar refractivity (Wildman–Crippen MR) is 104 cm³/mol. The molecule has 0 saturated carbocycles. The SMILES string of the molecule is C[C@@H]1CN(c2c(C3OCCO3)cc3c(N4C(=O)OC[C@@H]4CF)noc3c2F)C[C@H](C)O1. The molecule has 3 fully saturated rings. The first-order valence-corrected chi connectivity index (χ1v) is 10.2. The molecule has 31 heavy (non-hydrogen) atoms. The van der Waals surface area contributed by atoms with Crippen molar-refractivity contribution in [3.63, 3.8) is 0 Å². The number of anilines is 2. The van der Waals surface area contributed by atoms with Gasteiger partial charge in [-0.2, -0.15) is 0 Å². The number of carbonyl (C=O) groups excluding carboxylic acids is 1. The summed E-state index contributed by atoms with van der Waals surface area (Å²) in [6, 6.07) is 0.785. The van der Waals surface area contributed by atoms with E-state index in [1.54, 1.807) is 6.07 Å². The quantitative estimate of drug-likeness (QED) is 0.719. The molecule has 0 spiro atoms. The third-order valence-electron chi connectivity index (χ3n) is 5.67. The number of fused-ring (bicyclic) bond motifs is 1. The molecule has 5 rings (SSSR count). The van der Waals surface area contributed by atoms with Gasteiger partial charge in [-0.15, -0.1) is 0 Å². The Bertz CT molecular complexity index is 985. The molecular formula is C20H23F2N3O6. The lowest BCUT2D eigenvalue weighted by molar-refractivity contribution is -0.0445. The molecule has 3 aliphatic heterocycles. The number of morpholine rings is 1. The third kappa shape index (κ3) is 3.40. The zero-order valence-electron chi connectivity index (χ0n) is 17.2. The van der Waals surface area contributed by atoms with Gasteiger partial charge in [0.1, 0.15) is 19.3 Å². The van der Waals surface area contributed by atoms with Crippen LogP contribution in [0.4, 0.5) is 25.1 Å². The van der Waals surface area contributed by atoms with Gasteiger partial charge in [0.05, 0.1) is 36.5 Å². The molecule has 3 aliphatic rings. The van der Waals surface area contributed by atoms with Gasteiger partial charge in [0.2, 0.25) is 5.58 Å². The summed E-state index contributed by atoms with van der Waals surface area (Å²) in [5, 5.41) is 4.11. The van der Waals surface area contributed by atoms with Crippen molar-refractivity contribution >= 4 is 28.6 Å². The fourth-order valence-electron chi connectivity index (χ4n) is 4.44. The van der Waals surface area contributed by atoms with E-state index < -0.39 is 30.9 Å². The Hall–Kier alpha value is -2.50. The van der Waals surface area contributed by atoms with E-state index in [4.69, 9.17) is 23.5 Å². The minimum Gasteiger partial charge on any atom is -0.447 e. The second-order valence-electron chi connectivity index (χ2n) is 8.00. The van der Waals surface area contributed by atoms with E-state index in [0.717, 1.165) is 4.90 Å². The van der Waals surface area contributed by atoms with Crippen LogP contribution in [0.25, 0.3) is 11.0 Å². The molecule has 11 heteroatoms. The first-order valence-electron chi connectivity index (χ1n) is 10.2. The van der Waals surface area contributed by atoms with Crippen molar-refractivity contribution in [2.24, 2.45) is 0 Å². The molecule has 168 valence electrons. The van der Waals surface area contributed by atoms with Gasteiger partial charge in [-0.25, -0.2) is 18.5 Å². The second-order valence-corrected chi connectivity index (χ2v) is 8.00. The number of rotatable bonds is 4. The van der Waals surface area contributed by atoms with Crippen LogP contribution in [-0.2, 0) is 18.9 Å². The van der Waals surface area contributed by atoms with E-state index in [9.17, 15) is 9.18 Å². The third-order valence-corrected chi connectivity index (χ3v) is 5.67. The largest absolute Gasteiger partial charge is 0.447 e. The number of carbonyl (C=O) groups is 1. The molecule has 0 unspecified atom stereocenters. The summed E-state index contributed by atoms with van der Waals surface area (Å²) in [5.74, 6) is -0.635. The summed E-state index contributed by atoms with van der Waals surface area (Å²) in [6.07, 6.45) is -1.75. The molecule has 4 heterocycles. The summed E-state index contributed by atoms with van der Waals surface area (Å²) < 4.78 is 56.7. The van der Waals surface area contributed by atoms with E-state index in [0.29, 0.717) is 31.9 Å². The molecule has 0 radical (unpaired) electrons. The number of benzene rings is 1. The van der Waals surface area contributed by atoms with E-state index in [1.165, 1.54) is 0 Å². The molecule has 3 saturated heterocycles. The van der Waals surface area contributed by atoms with Crippen LogP contribution in [0.15, 0.2) is 10.6 Å². The topological polar surface area (TPSA) is 86.5 Å². The van der Waals surface area contributed by atoms with E-state index in [2.05, 4.69) is 5.16 Å². The predicted octanol–water partition coefficient (Wildman–Crippen LogP) is 2.92. The van der Waals surface area contributed by atoms with Crippen molar-refractivity contribution in [3.8, 4) is 0 Å². The number of hydrogen-bond donors (Lipinski definition) is 0. The Balaban J connectivity index is 1.66. The lowest BCUT2D eigenvalue weighted by atomic mass is 10.0. The fourth-order valence-corrected chi connectivity index (χ4v) is 4.44. The monoisotopic (exact) mass is 439 g/mol. The lowest BCUT2D eigenvalue weighted by Crippen LogP contribution is -2.46. The number of amides is 1. The molecule has 1 amide bonds. The lowest BCUT2D eigenvalue weighted by Gasteiger charge is -2.38. The van der Waals surface area contributed by atoms with E-state index in [-0.39, 0.29) is 41.3 Å². The standard InChI is InChI=1S/C20H23F2N3O6/c1-10-7-24(8-11(2)30-10)16-13(19-27-3-4-28-19)5-14-17(15(16)22)31-23-18(14)25-12(6-21)9-29-20(25)26/h5,10-12,19H,3-4,6-9H2,1-2H3/t10-,11+,12-/m0/s1. The Morgan fingerprint density at radius 1 is 1.19 bits per heavy atom. The van der Waals surface area contributed by atoms with Gasteiger partial charge in [-0.3, -0.25) is 0 Å². The Morgan fingerprint density at radius 2 is 1.90 bits per heavy atom. The van der Waals surface area contributed by atoms with Gasteiger partial charge in [0, 0.05) is 18.7 Å². The molecule has 0 bridgehead atoms. The van der Waals surface area contributed by atoms with Crippen molar-refractivity contribution in [1.82, 2.24) is 5.16 Å². The average Bonchev–Trinajstić information content (AvgIpc) is 3.46. The average molecular weight is 439 g/mol. The molecule has 1 aromatic carbocycles. The van der Waals surface area contributed by atoms with Crippen molar-refractivity contribution in [3.05, 3.63) is 17.4 Å². The Labute approximate surface area is 176 Å². The highest BCUT2D eigenvalue weighted by Gasteiger charge is 2.39. The number of alkyl halides is 1. The summed E-state index contributed by atoms with van der Waals surface area (Å²) in [6.45, 7) is 4.58. The van der Waals surface area contributed by atoms with Crippen LogP contribution < -0.4 is 9.80 Å². The maximum Gasteiger partial charge on any atom is 0.416 e. The number of nitrogens with zero attached hydrogens (tertiary/aromatic N) is 3. The molecule has 0 aliphatic carbocycles. The van der Waals surface area contributed by atoms with E-state index >= 15 is 4.39 Å². The molecular weight excluding hydrogens is 416 g/mol. The number of cyclic esters (lactones) is 1. The van der Waals surface area contributed by atoms with Gasteiger partial charge in [-0.05, 0) is 19.9 Å². The number of aromatic nitrogens is 1. The normalized spacial score (nSPS) is 27.5. The van der Waals surface area contributed by atoms with Crippen molar-refractivity contribution in [2.45, 2.75) is 38.4 Å². The van der Waals surface area contributed by atoms with E-state index in [1.807, 2.05) is 18.7 Å². The van der Waals surface area contributed by atoms with Gasteiger partial charge in [0.15, 0.2) is 17.9 Å². The smallest absolute Gasteiger partial charge is 0.416 e. The van der Waals surface area contributed by atoms with Crippen LogP contribution in [0, 0.1) is 5.82 Å². The molecule has 3 atom stereocenters. The highest BCUT2D eigenvalue weighted by atomic mass is 19.1. The minimum absolute atomic E-state index is 0.00793. The number of hydrogen-bond acceptors (Lipinski definition) is 8. The van der Waals surface area contributed by atoms with Crippen LogP contribution in [0.3, 0.4) is 0 Å². The second kappa shape index (κ2) is 7.88. The number of ether oxygens (including phenoxy) is 4. The number of halogens is 2. The molecule has 0 N–H and O–H groups in total. The highest BCUT2D eigenvalue weighted by Crippen LogP contribution is 2.42. The highest BCUT2D eigenvalue weighted by molar-refractivity contribution is 6.01. The van der Waals surface area contributed by atoms with Gasteiger partial charge in [-0.1, -0.05) is 5.16 Å². The Kier molecular flexibility index (Phi) is 5.19. The maximum absolute atomic E-state index is 15.9.